The fraction of sp³-hybridized carbons (Fsp3) is 0.588. The van der Waals surface area contributed by atoms with Gasteiger partial charge in [0.15, 0.2) is 0 Å². The molecule has 0 fully saturated rings. The van der Waals surface area contributed by atoms with E-state index in [-0.39, 0.29) is 23.8 Å². The van der Waals surface area contributed by atoms with Gasteiger partial charge in [-0.25, -0.2) is 0 Å². The topological polar surface area (TPSA) is 58.6 Å². The summed E-state index contributed by atoms with van der Waals surface area (Å²) in [5.74, 6) is 1.51. The fourth-order valence-electron chi connectivity index (χ4n) is 2.88. The summed E-state index contributed by atoms with van der Waals surface area (Å²) in [6.07, 6.45) is 1.77. The average molecular weight is 291 g/mol. The summed E-state index contributed by atoms with van der Waals surface area (Å²) < 4.78 is 5.62. The van der Waals surface area contributed by atoms with Crippen molar-refractivity contribution in [2.24, 2.45) is 5.92 Å². The molecule has 3 unspecified atom stereocenters. The van der Waals surface area contributed by atoms with Crippen LogP contribution in [0.3, 0.4) is 0 Å². The first-order chi connectivity index (χ1) is 10.1. The number of hydrogen-bond acceptors (Lipinski definition) is 3. The number of aliphatic hydroxyl groups is 1. The van der Waals surface area contributed by atoms with E-state index in [0.29, 0.717) is 26.0 Å². The third-order valence-corrected chi connectivity index (χ3v) is 3.91. The lowest BCUT2D eigenvalue weighted by atomic mass is 9.90. The molecule has 4 heteroatoms. The quantitative estimate of drug-likeness (QED) is 0.846. The number of benzene rings is 1. The monoisotopic (exact) mass is 291 g/mol. The molecule has 3 atom stereocenters. The van der Waals surface area contributed by atoms with Crippen molar-refractivity contribution in [3.05, 3.63) is 29.8 Å². The highest BCUT2D eigenvalue weighted by Crippen LogP contribution is 2.35. The van der Waals surface area contributed by atoms with Crippen LogP contribution in [0.1, 0.15) is 44.6 Å². The first-order valence-electron chi connectivity index (χ1n) is 7.72. The molecule has 116 valence electrons. The van der Waals surface area contributed by atoms with Crippen LogP contribution in [0.2, 0.25) is 0 Å². The highest BCUT2D eigenvalue weighted by Gasteiger charge is 2.23. The van der Waals surface area contributed by atoms with Crippen molar-refractivity contribution < 1.29 is 14.6 Å². The van der Waals surface area contributed by atoms with Gasteiger partial charge in [-0.05, 0) is 43.2 Å². The molecule has 2 rings (SSSR count). The maximum atomic E-state index is 12.1. The lowest BCUT2D eigenvalue weighted by Crippen LogP contribution is -2.31. The molecule has 2 N–H and O–H groups in total. The number of para-hydroxylation sites is 1. The van der Waals surface area contributed by atoms with Crippen LogP contribution in [-0.2, 0) is 4.79 Å². The lowest BCUT2D eigenvalue weighted by molar-refractivity contribution is -0.121. The van der Waals surface area contributed by atoms with Crippen LogP contribution in [0.25, 0.3) is 0 Å². The molecule has 1 aromatic carbocycles. The second-order valence-corrected chi connectivity index (χ2v) is 6.07. The van der Waals surface area contributed by atoms with Crippen molar-refractivity contribution in [1.82, 2.24) is 5.32 Å². The second-order valence-electron chi connectivity index (χ2n) is 6.07. The van der Waals surface area contributed by atoms with Gasteiger partial charge in [0.2, 0.25) is 5.91 Å². The third-order valence-electron chi connectivity index (χ3n) is 3.91. The summed E-state index contributed by atoms with van der Waals surface area (Å²) in [5, 5.41) is 12.3. The van der Waals surface area contributed by atoms with E-state index in [1.807, 2.05) is 31.2 Å². The van der Waals surface area contributed by atoms with Crippen LogP contribution in [0, 0.1) is 5.92 Å². The van der Waals surface area contributed by atoms with E-state index in [2.05, 4.69) is 5.32 Å². The van der Waals surface area contributed by atoms with Crippen molar-refractivity contribution in [3.63, 3.8) is 0 Å². The first-order valence-corrected chi connectivity index (χ1v) is 7.72. The molecular formula is C17H25NO3. The largest absolute Gasteiger partial charge is 0.493 e. The van der Waals surface area contributed by atoms with Gasteiger partial charge >= 0.3 is 0 Å². The molecule has 0 aliphatic carbocycles. The average Bonchev–Trinajstić information content (AvgIpc) is 2.45. The minimum absolute atomic E-state index is 0.0779. The molecule has 1 aromatic rings. The molecule has 1 amide bonds. The van der Waals surface area contributed by atoms with Crippen molar-refractivity contribution in [3.8, 4) is 5.75 Å². The van der Waals surface area contributed by atoms with Gasteiger partial charge in [0.05, 0.1) is 12.7 Å². The van der Waals surface area contributed by atoms with Gasteiger partial charge in [-0.15, -0.1) is 0 Å². The van der Waals surface area contributed by atoms with Gasteiger partial charge in [0.25, 0.3) is 0 Å². The number of carbonyl (C=O) groups is 1. The van der Waals surface area contributed by atoms with E-state index in [0.717, 1.165) is 17.7 Å². The zero-order valence-electron chi connectivity index (χ0n) is 12.8. The molecule has 1 aliphatic heterocycles. The Hall–Kier alpha value is -1.55. The van der Waals surface area contributed by atoms with Gasteiger partial charge in [0, 0.05) is 13.0 Å². The number of nitrogens with one attached hydrogen (secondary N) is 1. The van der Waals surface area contributed by atoms with E-state index < -0.39 is 0 Å². The Morgan fingerprint density at radius 2 is 2.19 bits per heavy atom. The summed E-state index contributed by atoms with van der Waals surface area (Å²) in [5.41, 5.74) is 1.14. The predicted octanol–water partition coefficient (Wildman–Crippen LogP) is 2.47. The van der Waals surface area contributed by atoms with Gasteiger partial charge in [-0.3, -0.25) is 4.79 Å². The molecule has 21 heavy (non-hydrogen) atoms. The normalized spacial score (nSPS) is 20.0. The fourth-order valence-corrected chi connectivity index (χ4v) is 2.88. The Bertz CT molecular complexity index is 473. The maximum absolute atomic E-state index is 12.1. The minimum Gasteiger partial charge on any atom is -0.493 e. The summed E-state index contributed by atoms with van der Waals surface area (Å²) in [6, 6.07) is 7.95. The lowest BCUT2D eigenvalue weighted by Gasteiger charge is -2.25. The molecule has 4 nitrogen and oxygen atoms in total. The zero-order valence-corrected chi connectivity index (χ0v) is 12.8. The van der Waals surface area contributed by atoms with Crippen molar-refractivity contribution in [2.75, 3.05) is 13.2 Å². The van der Waals surface area contributed by atoms with Gasteiger partial charge in [-0.2, -0.15) is 0 Å². The standard InChI is InChI=1S/C17H25NO3/c1-12(9-13(2)19)11-18-17(20)10-14-7-8-21-16-6-4-3-5-15(14)16/h3-6,12-14,19H,7-11H2,1-2H3,(H,18,20). The van der Waals surface area contributed by atoms with Gasteiger partial charge < -0.3 is 15.2 Å². The molecule has 0 spiro atoms. The number of rotatable bonds is 6. The van der Waals surface area contributed by atoms with Crippen LogP contribution in [-0.4, -0.2) is 30.3 Å². The first kappa shape index (κ1) is 15.8. The van der Waals surface area contributed by atoms with E-state index in [9.17, 15) is 9.90 Å². The van der Waals surface area contributed by atoms with E-state index >= 15 is 0 Å². The predicted molar refractivity (Wildman–Crippen MR) is 82.4 cm³/mol. The van der Waals surface area contributed by atoms with Crippen molar-refractivity contribution in [1.29, 1.82) is 0 Å². The van der Waals surface area contributed by atoms with Crippen LogP contribution in [0.4, 0.5) is 0 Å². The van der Waals surface area contributed by atoms with Gasteiger partial charge in [0.1, 0.15) is 5.75 Å². The molecule has 1 aliphatic rings. The molecule has 0 saturated heterocycles. The molecular weight excluding hydrogens is 266 g/mol. The summed E-state index contributed by atoms with van der Waals surface area (Å²) in [7, 11) is 0. The van der Waals surface area contributed by atoms with Crippen molar-refractivity contribution >= 4 is 5.91 Å². The van der Waals surface area contributed by atoms with Crippen molar-refractivity contribution in [2.45, 2.75) is 45.1 Å². The number of hydrogen-bond donors (Lipinski definition) is 2. The Kier molecular flexibility index (Phi) is 5.62. The summed E-state index contributed by atoms with van der Waals surface area (Å²) >= 11 is 0. The van der Waals surface area contributed by atoms with Crippen LogP contribution in [0.15, 0.2) is 24.3 Å². The van der Waals surface area contributed by atoms with Crippen LogP contribution < -0.4 is 10.1 Å². The van der Waals surface area contributed by atoms with E-state index in [1.54, 1.807) is 6.92 Å². The maximum Gasteiger partial charge on any atom is 0.220 e. The van der Waals surface area contributed by atoms with Crippen LogP contribution in [0.5, 0.6) is 5.75 Å². The number of carbonyl (C=O) groups excluding carboxylic acids is 1. The highest BCUT2D eigenvalue weighted by molar-refractivity contribution is 5.77. The van der Waals surface area contributed by atoms with Crippen LogP contribution >= 0.6 is 0 Å². The molecule has 0 aromatic heterocycles. The molecule has 0 bridgehead atoms. The second kappa shape index (κ2) is 7.46. The molecule has 0 radical (unpaired) electrons. The van der Waals surface area contributed by atoms with E-state index in [4.69, 9.17) is 4.74 Å². The number of ether oxygens (including phenoxy) is 1. The summed E-state index contributed by atoms with van der Waals surface area (Å²) in [4.78, 5) is 12.1. The van der Waals surface area contributed by atoms with Gasteiger partial charge in [-0.1, -0.05) is 25.1 Å². The molecule has 1 heterocycles. The Balaban J connectivity index is 1.84. The molecule has 0 saturated carbocycles. The minimum atomic E-state index is -0.320. The number of amides is 1. The number of aliphatic hydroxyl groups excluding tert-OH is 1. The Morgan fingerprint density at radius 3 is 2.95 bits per heavy atom. The zero-order chi connectivity index (χ0) is 15.2. The number of fused-ring (bicyclic) bond motifs is 1. The van der Waals surface area contributed by atoms with E-state index in [1.165, 1.54) is 0 Å². The Labute approximate surface area is 126 Å². The highest BCUT2D eigenvalue weighted by atomic mass is 16.5. The summed E-state index contributed by atoms with van der Waals surface area (Å²) in [6.45, 7) is 5.11. The SMILES string of the molecule is CC(O)CC(C)CNC(=O)CC1CCOc2ccccc21. The smallest absolute Gasteiger partial charge is 0.220 e. The Morgan fingerprint density at radius 1 is 1.43 bits per heavy atom. The third kappa shape index (κ3) is 4.74.